The van der Waals surface area contributed by atoms with Gasteiger partial charge in [-0.05, 0) is 12.1 Å². The highest BCUT2D eigenvalue weighted by atomic mass is 35.5. The van der Waals surface area contributed by atoms with Crippen molar-refractivity contribution in [3.8, 4) is 0 Å². The molecule has 2 rings (SSSR count). The van der Waals surface area contributed by atoms with Gasteiger partial charge in [0.25, 0.3) is 0 Å². The first kappa shape index (κ1) is 10.2. The van der Waals surface area contributed by atoms with E-state index in [1.807, 2.05) is 0 Å². The zero-order valence-corrected chi connectivity index (χ0v) is 9.58. The van der Waals surface area contributed by atoms with Crippen LogP contribution < -0.4 is 0 Å². The van der Waals surface area contributed by atoms with Crippen LogP contribution in [0.2, 0.25) is 20.4 Å². The monoisotopic (exact) mass is 266 g/mol. The fourth-order valence-electron chi connectivity index (χ4n) is 1.01. The number of benzene rings is 1. The second kappa shape index (κ2) is 3.70. The Hall–Kier alpha value is -0.280. The summed E-state index contributed by atoms with van der Waals surface area (Å²) in [6.07, 6.45) is 0. The summed E-state index contributed by atoms with van der Waals surface area (Å²) in [4.78, 5) is 8.01. The van der Waals surface area contributed by atoms with Crippen LogP contribution in [0.4, 0.5) is 0 Å². The Morgan fingerprint density at radius 3 is 1.43 bits per heavy atom. The number of hydrogen-bond donors (Lipinski definition) is 0. The van der Waals surface area contributed by atoms with Gasteiger partial charge in [-0.2, -0.15) is 0 Å². The lowest BCUT2D eigenvalue weighted by Gasteiger charge is -2.01. The van der Waals surface area contributed by atoms with Crippen LogP contribution in [-0.2, 0) is 0 Å². The lowest BCUT2D eigenvalue weighted by molar-refractivity contribution is 1.29. The van der Waals surface area contributed by atoms with Crippen molar-refractivity contribution in [2.45, 2.75) is 0 Å². The fourth-order valence-corrected chi connectivity index (χ4v) is 1.59. The van der Waals surface area contributed by atoms with Crippen LogP contribution in [0.15, 0.2) is 12.1 Å². The van der Waals surface area contributed by atoms with E-state index in [1.165, 1.54) is 0 Å². The second-order valence-electron chi connectivity index (χ2n) is 2.56. The summed E-state index contributed by atoms with van der Waals surface area (Å²) in [6.45, 7) is 0. The third-order valence-electron chi connectivity index (χ3n) is 1.62. The van der Waals surface area contributed by atoms with Crippen molar-refractivity contribution in [2.24, 2.45) is 0 Å². The number of fused-ring (bicyclic) bond motifs is 1. The van der Waals surface area contributed by atoms with E-state index in [0.29, 0.717) is 21.1 Å². The SMILES string of the molecule is Clc1cc2nc(Cl)c(Cl)nc2cc1Cl. The summed E-state index contributed by atoms with van der Waals surface area (Å²) in [5.74, 6) is 0. The van der Waals surface area contributed by atoms with E-state index < -0.39 is 0 Å². The quantitative estimate of drug-likeness (QED) is 0.713. The Kier molecular flexibility index (Phi) is 2.71. The van der Waals surface area contributed by atoms with E-state index in [-0.39, 0.29) is 10.3 Å². The molecule has 2 aromatic rings. The summed E-state index contributed by atoms with van der Waals surface area (Å²) in [5, 5.41) is 1.12. The maximum absolute atomic E-state index is 5.80. The van der Waals surface area contributed by atoms with Gasteiger partial charge in [0.05, 0.1) is 21.1 Å². The Balaban J connectivity index is 2.83. The molecule has 0 spiro atoms. The van der Waals surface area contributed by atoms with Gasteiger partial charge in [0.2, 0.25) is 0 Å². The summed E-state index contributed by atoms with van der Waals surface area (Å²) in [6, 6.07) is 3.18. The van der Waals surface area contributed by atoms with Gasteiger partial charge in [0.15, 0.2) is 10.3 Å². The number of rotatable bonds is 0. The molecule has 72 valence electrons. The third-order valence-corrected chi connectivity index (χ3v) is 2.97. The molecule has 0 aliphatic rings. The molecule has 14 heavy (non-hydrogen) atoms. The van der Waals surface area contributed by atoms with Crippen molar-refractivity contribution in [2.75, 3.05) is 0 Å². The summed E-state index contributed by atoms with van der Waals surface area (Å²) in [5.41, 5.74) is 1.13. The molecule has 0 radical (unpaired) electrons. The molecule has 6 heteroatoms. The van der Waals surface area contributed by atoms with Crippen molar-refractivity contribution in [3.63, 3.8) is 0 Å². The summed E-state index contributed by atoms with van der Waals surface area (Å²) in [7, 11) is 0. The highest BCUT2D eigenvalue weighted by Crippen LogP contribution is 2.28. The van der Waals surface area contributed by atoms with Crippen molar-refractivity contribution in [1.82, 2.24) is 9.97 Å². The van der Waals surface area contributed by atoms with Crippen LogP contribution in [0.3, 0.4) is 0 Å². The average Bonchev–Trinajstić information content (AvgIpc) is 2.11. The molecule has 0 aliphatic carbocycles. The van der Waals surface area contributed by atoms with E-state index in [1.54, 1.807) is 12.1 Å². The standard InChI is InChI=1S/C8H2Cl4N2/c9-3-1-5-6(2-4(3)10)14-8(12)7(11)13-5/h1-2H. The van der Waals surface area contributed by atoms with Crippen LogP contribution in [0.1, 0.15) is 0 Å². The Bertz CT molecular complexity index is 423. The molecular formula is C8H2Cl4N2. The van der Waals surface area contributed by atoms with Gasteiger partial charge in [-0.1, -0.05) is 46.4 Å². The molecule has 0 N–H and O–H groups in total. The molecule has 2 nitrogen and oxygen atoms in total. The van der Waals surface area contributed by atoms with E-state index in [4.69, 9.17) is 46.4 Å². The molecule has 0 fully saturated rings. The van der Waals surface area contributed by atoms with Crippen molar-refractivity contribution < 1.29 is 0 Å². The zero-order valence-electron chi connectivity index (χ0n) is 6.56. The molecule has 1 aromatic carbocycles. The maximum atomic E-state index is 5.80. The van der Waals surface area contributed by atoms with Crippen LogP contribution in [-0.4, -0.2) is 9.97 Å². The smallest absolute Gasteiger partial charge is 0.167 e. The van der Waals surface area contributed by atoms with Crippen molar-refractivity contribution >= 4 is 57.4 Å². The zero-order chi connectivity index (χ0) is 10.3. The third kappa shape index (κ3) is 1.75. The predicted molar refractivity (Wildman–Crippen MR) is 59.6 cm³/mol. The number of halogens is 4. The van der Waals surface area contributed by atoms with E-state index in [9.17, 15) is 0 Å². The molecule has 0 saturated heterocycles. The Morgan fingerprint density at radius 2 is 1.07 bits per heavy atom. The molecular weight excluding hydrogens is 266 g/mol. The second-order valence-corrected chi connectivity index (χ2v) is 4.09. The average molecular weight is 268 g/mol. The first-order chi connectivity index (χ1) is 6.58. The molecule has 0 amide bonds. The van der Waals surface area contributed by atoms with Crippen molar-refractivity contribution in [1.29, 1.82) is 0 Å². The largest absolute Gasteiger partial charge is 0.231 e. The molecule has 0 bridgehead atoms. The first-order valence-corrected chi connectivity index (χ1v) is 5.07. The minimum absolute atomic E-state index is 0.151. The van der Waals surface area contributed by atoms with Gasteiger partial charge in [-0.25, -0.2) is 9.97 Å². The number of aromatic nitrogens is 2. The number of hydrogen-bond acceptors (Lipinski definition) is 2. The molecule has 1 aromatic heterocycles. The Labute approximate surface area is 99.8 Å². The van der Waals surface area contributed by atoms with E-state index >= 15 is 0 Å². The van der Waals surface area contributed by atoms with Gasteiger partial charge in [-0.15, -0.1) is 0 Å². The Morgan fingerprint density at radius 1 is 0.714 bits per heavy atom. The lowest BCUT2D eigenvalue weighted by atomic mass is 10.3. The molecule has 0 unspecified atom stereocenters. The fraction of sp³-hybridized carbons (Fsp3) is 0. The molecule has 0 aliphatic heterocycles. The van der Waals surface area contributed by atoms with Gasteiger partial charge in [0, 0.05) is 0 Å². The van der Waals surface area contributed by atoms with Crippen LogP contribution in [0.5, 0.6) is 0 Å². The van der Waals surface area contributed by atoms with E-state index in [2.05, 4.69) is 9.97 Å². The minimum Gasteiger partial charge on any atom is -0.231 e. The number of nitrogens with zero attached hydrogens (tertiary/aromatic N) is 2. The topological polar surface area (TPSA) is 25.8 Å². The van der Waals surface area contributed by atoms with Gasteiger partial charge in [0.1, 0.15) is 0 Å². The van der Waals surface area contributed by atoms with E-state index in [0.717, 1.165) is 0 Å². The van der Waals surface area contributed by atoms with Gasteiger partial charge >= 0.3 is 0 Å². The van der Waals surface area contributed by atoms with Gasteiger partial charge in [-0.3, -0.25) is 0 Å². The highest BCUT2D eigenvalue weighted by Gasteiger charge is 2.07. The van der Waals surface area contributed by atoms with Gasteiger partial charge < -0.3 is 0 Å². The minimum atomic E-state index is 0.151. The van der Waals surface area contributed by atoms with Crippen molar-refractivity contribution in [3.05, 3.63) is 32.5 Å². The maximum Gasteiger partial charge on any atom is 0.167 e. The van der Waals surface area contributed by atoms with Crippen LogP contribution in [0.25, 0.3) is 11.0 Å². The summed E-state index contributed by atoms with van der Waals surface area (Å²) >= 11 is 23.0. The summed E-state index contributed by atoms with van der Waals surface area (Å²) < 4.78 is 0. The van der Waals surface area contributed by atoms with Crippen LogP contribution >= 0.6 is 46.4 Å². The predicted octanol–water partition coefficient (Wildman–Crippen LogP) is 4.24. The van der Waals surface area contributed by atoms with Crippen LogP contribution in [0, 0.1) is 0 Å². The highest BCUT2D eigenvalue weighted by molar-refractivity contribution is 6.43. The first-order valence-electron chi connectivity index (χ1n) is 3.56. The molecule has 0 saturated carbocycles. The molecule has 1 heterocycles. The molecule has 0 atom stereocenters. The normalized spacial score (nSPS) is 10.9. The lowest BCUT2D eigenvalue weighted by Crippen LogP contribution is -1.87.